The topological polar surface area (TPSA) is 73.9 Å². The van der Waals surface area contributed by atoms with Gasteiger partial charge >= 0.3 is 0 Å². The van der Waals surface area contributed by atoms with E-state index < -0.39 is 0 Å². The molecule has 4 heterocycles. The van der Waals surface area contributed by atoms with Crippen molar-refractivity contribution >= 4 is 22.5 Å². The summed E-state index contributed by atoms with van der Waals surface area (Å²) in [5.74, 6) is -0.163. The van der Waals surface area contributed by atoms with Crippen LogP contribution in [0.3, 0.4) is 0 Å². The minimum atomic E-state index is -0.163. The SMILES string of the molecule is O=C(Nc1cncc(Cc2ccccc2)c1)c1c[nH]c2ccc(-c3cncc(CN4CCCCC4)c3)cc12. The lowest BCUT2D eigenvalue weighted by molar-refractivity contribution is 0.102. The predicted octanol–water partition coefficient (Wildman–Crippen LogP) is 6.45. The molecular formula is C32H31N5O. The molecular weight excluding hydrogens is 470 g/mol. The molecule has 1 aliphatic rings. The fourth-order valence-electron chi connectivity index (χ4n) is 5.28. The van der Waals surface area contributed by atoms with Crippen LogP contribution in [0.15, 0.2) is 91.6 Å². The van der Waals surface area contributed by atoms with Gasteiger partial charge in [0.15, 0.2) is 0 Å². The van der Waals surface area contributed by atoms with Crippen molar-refractivity contribution < 1.29 is 4.79 Å². The fourth-order valence-corrected chi connectivity index (χ4v) is 5.28. The van der Waals surface area contributed by atoms with Gasteiger partial charge in [-0.1, -0.05) is 42.8 Å². The molecule has 0 bridgehead atoms. The van der Waals surface area contributed by atoms with Crippen molar-refractivity contribution in [1.82, 2.24) is 19.9 Å². The van der Waals surface area contributed by atoms with E-state index in [4.69, 9.17) is 0 Å². The Hall–Kier alpha value is -4.29. The number of benzene rings is 2. The average Bonchev–Trinajstić information content (AvgIpc) is 3.38. The number of H-pyrrole nitrogens is 1. The van der Waals surface area contributed by atoms with Gasteiger partial charge < -0.3 is 10.3 Å². The highest BCUT2D eigenvalue weighted by atomic mass is 16.1. The van der Waals surface area contributed by atoms with Crippen LogP contribution in [0.25, 0.3) is 22.0 Å². The summed E-state index contributed by atoms with van der Waals surface area (Å²) < 4.78 is 0. The first-order valence-corrected chi connectivity index (χ1v) is 13.3. The summed E-state index contributed by atoms with van der Waals surface area (Å²) in [5.41, 5.74) is 7.80. The number of hydrogen-bond acceptors (Lipinski definition) is 4. The normalized spacial score (nSPS) is 14.0. The predicted molar refractivity (Wildman–Crippen MR) is 152 cm³/mol. The number of aromatic nitrogens is 3. The number of likely N-dealkylation sites (tertiary alicyclic amines) is 1. The molecule has 2 aromatic carbocycles. The molecule has 6 nitrogen and oxygen atoms in total. The number of anilines is 1. The number of carbonyl (C=O) groups excluding carboxylic acids is 1. The zero-order valence-corrected chi connectivity index (χ0v) is 21.4. The molecule has 6 heteroatoms. The van der Waals surface area contributed by atoms with E-state index in [1.165, 1.54) is 30.4 Å². The van der Waals surface area contributed by atoms with Gasteiger partial charge in [0.25, 0.3) is 5.91 Å². The van der Waals surface area contributed by atoms with Gasteiger partial charge in [-0.05, 0) is 78.9 Å². The summed E-state index contributed by atoms with van der Waals surface area (Å²) in [4.78, 5) is 27.9. The quantitative estimate of drug-likeness (QED) is 0.269. The van der Waals surface area contributed by atoms with Crippen molar-refractivity contribution in [3.8, 4) is 11.1 Å². The lowest BCUT2D eigenvalue weighted by Crippen LogP contribution is -2.29. The Labute approximate surface area is 222 Å². The number of carbonyl (C=O) groups is 1. The standard InChI is InChI=1S/C32H31N5O/c38-32(36-28-15-24(17-34-20-28)13-23-7-3-1-4-8-23)30-21-35-31-10-9-26(16-29(30)31)27-14-25(18-33-19-27)22-37-11-5-2-6-12-37/h1,3-4,7-10,14-21,35H,2,5-6,11-13,22H2,(H,36,38). The van der Waals surface area contributed by atoms with Crippen LogP contribution >= 0.6 is 0 Å². The third kappa shape index (κ3) is 5.50. The number of pyridine rings is 2. The van der Waals surface area contributed by atoms with Gasteiger partial charge in [-0.3, -0.25) is 19.7 Å². The summed E-state index contributed by atoms with van der Waals surface area (Å²) in [6, 6.07) is 20.6. The number of aromatic amines is 1. The second-order valence-corrected chi connectivity index (χ2v) is 10.1. The molecule has 6 rings (SSSR count). The van der Waals surface area contributed by atoms with E-state index in [1.54, 1.807) is 12.4 Å². The zero-order chi connectivity index (χ0) is 25.7. The van der Waals surface area contributed by atoms with E-state index in [0.29, 0.717) is 11.3 Å². The first-order chi connectivity index (χ1) is 18.7. The Bertz CT molecular complexity index is 1550. The molecule has 2 N–H and O–H groups in total. The summed E-state index contributed by atoms with van der Waals surface area (Å²) in [7, 11) is 0. The van der Waals surface area contributed by atoms with E-state index in [1.807, 2.05) is 48.9 Å². The number of rotatable bonds is 7. The maximum atomic E-state index is 13.3. The Morgan fingerprint density at radius 3 is 2.50 bits per heavy atom. The van der Waals surface area contributed by atoms with Gasteiger partial charge in [-0.25, -0.2) is 0 Å². The van der Waals surface area contributed by atoms with Gasteiger partial charge in [-0.2, -0.15) is 0 Å². The number of nitrogens with one attached hydrogen (secondary N) is 2. The highest BCUT2D eigenvalue weighted by Crippen LogP contribution is 2.28. The molecule has 190 valence electrons. The van der Waals surface area contributed by atoms with Crippen molar-refractivity contribution in [3.05, 3.63) is 114 Å². The Balaban J connectivity index is 1.21. The number of hydrogen-bond donors (Lipinski definition) is 2. The largest absolute Gasteiger partial charge is 0.360 e. The Morgan fingerprint density at radius 1 is 0.816 bits per heavy atom. The summed E-state index contributed by atoms with van der Waals surface area (Å²) >= 11 is 0. The lowest BCUT2D eigenvalue weighted by atomic mass is 10.0. The van der Waals surface area contributed by atoms with E-state index in [-0.39, 0.29) is 5.91 Å². The minimum absolute atomic E-state index is 0.163. The van der Waals surface area contributed by atoms with Crippen LogP contribution in [0.4, 0.5) is 5.69 Å². The van der Waals surface area contributed by atoms with Crippen LogP contribution in [0.1, 0.15) is 46.3 Å². The van der Waals surface area contributed by atoms with Gasteiger partial charge in [0.1, 0.15) is 0 Å². The number of fused-ring (bicyclic) bond motifs is 1. The van der Waals surface area contributed by atoms with Crippen LogP contribution in [0, 0.1) is 0 Å². The molecule has 0 saturated carbocycles. The Kier molecular flexibility index (Phi) is 6.96. The molecule has 0 spiro atoms. The molecule has 1 fully saturated rings. The van der Waals surface area contributed by atoms with Crippen LogP contribution in [-0.2, 0) is 13.0 Å². The maximum absolute atomic E-state index is 13.3. The number of nitrogens with zero attached hydrogens (tertiary/aromatic N) is 3. The molecule has 5 aromatic rings. The van der Waals surface area contributed by atoms with Gasteiger partial charge in [0, 0.05) is 47.8 Å². The molecule has 1 aliphatic heterocycles. The molecule has 0 atom stereocenters. The molecule has 0 unspecified atom stereocenters. The highest BCUT2D eigenvalue weighted by Gasteiger charge is 2.15. The van der Waals surface area contributed by atoms with E-state index >= 15 is 0 Å². The number of piperidine rings is 1. The molecule has 38 heavy (non-hydrogen) atoms. The maximum Gasteiger partial charge on any atom is 0.257 e. The highest BCUT2D eigenvalue weighted by molar-refractivity contribution is 6.13. The lowest BCUT2D eigenvalue weighted by Gasteiger charge is -2.26. The van der Waals surface area contributed by atoms with Crippen molar-refractivity contribution in [3.63, 3.8) is 0 Å². The molecule has 0 radical (unpaired) electrons. The number of amides is 1. The van der Waals surface area contributed by atoms with Crippen LogP contribution in [0.2, 0.25) is 0 Å². The monoisotopic (exact) mass is 501 g/mol. The molecule has 3 aromatic heterocycles. The first kappa shape index (κ1) is 24.1. The molecule has 1 amide bonds. The molecule has 0 aliphatic carbocycles. The second-order valence-electron chi connectivity index (χ2n) is 10.1. The van der Waals surface area contributed by atoms with Crippen LogP contribution < -0.4 is 5.32 Å². The van der Waals surface area contributed by atoms with Crippen molar-refractivity contribution in [2.75, 3.05) is 18.4 Å². The zero-order valence-electron chi connectivity index (χ0n) is 21.4. The van der Waals surface area contributed by atoms with Gasteiger partial charge in [0.05, 0.1) is 17.4 Å². The summed E-state index contributed by atoms with van der Waals surface area (Å²) in [6.07, 6.45) is 13.8. The third-order valence-corrected chi connectivity index (χ3v) is 7.21. The van der Waals surface area contributed by atoms with E-state index in [0.717, 1.165) is 53.6 Å². The Morgan fingerprint density at radius 2 is 1.63 bits per heavy atom. The van der Waals surface area contributed by atoms with E-state index in [9.17, 15) is 4.79 Å². The smallest absolute Gasteiger partial charge is 0.257 e. The average molecular weight is 502 g/mol. The molecule has 1 saturated heterocycles. The van der Waals surface area contributed by atoms with Gasteiger partial charge in [-0.15, -0.1) is 0 Å². The van der Waals surface area contributed by atoms with Crippen LogP contribution in [0.5, 0.6) is 0 Å². The second kappa shape index (κ2) is 11.0. The minimum Gasteiger partial charge on any atom is -0.360 e. The van der Waals surface area contributed by atoms with Crippen LogP contribution in [-0.4, -0.2) is 38.8 Å². The summed E-state index contributed by atoms with van der Waals surface area (Å²) in [5, 5.41) is 3.92. The van der Waals surface area contributed by atoms with Crippen molar-refractivity contribution in [1.29, 1.82) is 0 Å². The third-order valence-electron chi connectivity index (χ3n) is 7.21. The van der Waals surface area contributed by atoms with Gasteiger partial charge in [0.2, 0.25) is 0 Å². The van der Waals surface area contributed by atoms with Crippen molar-refractivity contribution in [2.45, 2.75) is 32.2 Å². The fraction of sp³-hybridized carbons (Fsp3) is 0.219. The first-order valence-electron chi connectivity index (χ1n) is 13.3. The van der Waals surface area contributed by atoms with Crippen molar-refractivity contribution in [2.24, 2.45) is 0 Å². The summed E-state index contributed by atoms with van der Waals surface area (Å²) in [6.45, 7) is 3.24. The van der Waals surface area contributed by atoms with E-state index in [2.05, 4.69) is 55.5 Å².